The molecule has 0 radical (unpaired) electrons. The minimum Gasteiger partial charge on any atom is -0.368 e. The summed E-state index contributed by atoms with van der Waals surface area (Å²) in [6.45, 7) is 0. The number of anilines is 3. The fourth-order valence-electron chi connectivity index (χ4n) is 2.06. The van der Waals surface area contributed by atoms with Crippen LogP contribution in [-0.2, 0) is 9.84 Å². The molecule has 0 spiro atoms. The van der Waals surface area contributed by atoms with Crippen LogP contribution in [0.2, 0.25) is 0 Å². The largest absolute Gasteiger partial charge is 0.368 e. The molecule has 0 amide bonds. The molecule has 134 valence electrons. The molecule has 2 heterocycles. The molecule has 26 heavy (non-hydrogen) atoms. The van der Waals surface area contributed by atoms with Gasteiger partial charge in [-0.25, -0.2) is 17.8 Å². The molecule has 0 aliphatic heterocycles. The summed E-state index contributed by atoms with van der Waals surface area (Å²) < 4.78 is 50.4. The zero-order chi connectivity index (χ0) is 18.9. The van der Waals surface area contributed by atoms with Crippen LogP contribution in [0.1, 0.15) is 0 Å². The summed E-state index contributed by atoms with van der Waals surface area (Å²) in [6.07, 6.45) is 1.07. The number of benzene rings is 1. The summed E-state index contributed by atoms with van der Waals surface area (Å²) in [5, 5.41) is 2.75. The van der Waals surface area contributed by atoms with Gasteiger partial charge in [-0.3, -0.25) is 0 Å². The van der Waals surface area contributed by atoms with Crippen LogP contribution in [0.15, 0.2) is 41.3 Å². The van der Waals surface area contributed by atoms with E-state index in [1.165, 1.54) is 18.2 Å². The molecule has 2 aromatic heterocycles. The zero-order valence-corrected chi connectivity index (χ0v) is 14.1. The average Bonchev–Trinajstić information content (AvgIpc) is 2.56. The van der Waals surface area contributed by atoms with E-state index >= 15 is 0 Å². The third kappa shape index (κ3) is 3.88. The van der Waals surface area contributed by atoms with Crippen molar-refractivity contribution in [2.24, 2.45) is 0 Å². The minimum absolute atomic E-state index is 0.0800. The third-order valence-electron chi connectivity index (χ3n) is 3.19. The Morgan fingerprint density at radius 2 is 1.81 bits per heavy atom. The number of nitrogens with one attached hydrogen (secondary N) is 1. The molecule has 0 atom stereocenters. The molecular formula is C15H12F2N6O2S. The first kappa shape index (κ1) is 17.6. The fraction of sp³-hybridized carbons (Fsp3) is 0.0667. The lowest BCUT2D eigenvalue weighted by Gasteiger charge is -2.08. The number of nitrogen functional groups attached to an aromatic ring is 1. The summed E-state index contributed by atoms with van der Waals surface area (Å²) in [5.74, 6) is -2.33. The van der Waals surface area contributed by atoms with E-state index in [-0.39, 0.29) is 22.6 Å². The number of hydrogen-bond acceptors (Lipinski definition) is 8. The van der Waals surface area contributed by atoms with Crippen LogP contribution in [0.4, 0.5) is 26.4 Å². The summed E-state index contributed by atoms with van der Waals surface area (Å²) in [7, 11) is -3.41. The van der Waals surface area contributed by atoms with Gasteiger partial charge in [0.2, 0.25) is 17.8 Å². The molecule has 0 saturated heterocycles. The van der Waals surface area contributed by atoms with E-state index < -0.39 is 27.3 Å². The zero-order valence-electron chi connectivity index (χ0n) is 13.3. The molecule has 0 saturated carbocycles. The van der Waals surface area contributed by atoms with Crippen molar-refractivity contribution in [1.82, 2.24) is 19.9 Å². The van der Waals surface area contributed by atoms with Gasteiger partial charge in [0.05, 0.1) is 4.90 Å². The highest BCUT2D eigenvalue weighted by atomic mass is 32.2. The van der Waals surface area contributed by atoms with Crippen LogP contribution < -0.4 is 11.1 Å². The van der Waals surface area contributed by atoms with E-state index in [2.05, 4.69) is 25.3 Å². The number of aromatic nitrogens is 4. The first-order valence-corrected chi connectivity index (χ1v) is 9.02. The third-order valence-corrected chi connectivity index (χ3v) is 4.31. The Morgan fingerprint density at radius 1 is 1.04 bits per heavy atom. The van der Waals surface area contributed by atoms with E-state index in [1.807, 2.05) is 0 Å². The molecule has 0 unspecified atom stereocenters. The van der Waals surface area contributed by atoms with Gasteiger partial charge in [-0.05, 0) is 30.3 Å². The molecule has 3 aromatic rings. The van der Waals surface area contributed by atoms with Gasteiger partial charge in [-0.15, -0.1) is 0 Å². The van der Waals surface area contributed by atoms with Gasteiger partial charge in [0.25, 0.3) is 0 Å². The SMILES string of the molecule is CS(=O)(=O)c1cccc(Nc2nc(N)nc(-c3nc(F)ccc3F)n2)c1. The summed E-state index contributed by atoms with van der Waals surface area (Å²) in [4.78, 5) is 15.1. The van der Waals surface area contributed by atoms with Crippen LogP contribution >= 0.6 is 0 Å². The highest BCUT2D eigenvalue weighted by Crippen LogP contribution is 2.22. The summed E-state index contributed by atoms with van der Waals surface area (Å²) >= 11 is 0. The van der Waals surface area contributed by atoms with Crippen molar-refractivity contribution in [3.8, 4) is 11.5 Å². The van der Waals surface area contributed by atoms with Gasteiger partial charge in [-0.1, -0.05) is 6.07 Å². The predicted octanol–water partition coefficient (Wildman–Crippen LogP) is 1.94. The lowest BCUT2D eigenvalue weighted by Crippen LogP contribution is -2.07. The van der Waals surface area contributed by atoms with Crippen molar-refractivity contribution in [2.75, 3.05) is 17.3 Å². The molecular weight excluding hydrogens is 366 g/mol. The number of hydrogen-bond donors (Lipinski definition) is 2. The quantitative estimate of drug-likeness (QED) is 0.660. The summed E-state index contributed by atoms with van der Waals surface area (Å²) in [5.41, 5.74) is 5.53. The average molecular weight is 378 g/mol. The van der Waals surface area contributed by atoms with Crippen molar-refractivity contribution in [3.05, 3.63) is 48.2 Å². The van der Waals surface area contributed by atoms with Gasteiger partial charge in [0.1, 0.15) is 5.69 Å². The summed E-state index contributed by atoms with van der Waals surface area (Å²) in [6, 6.07) is 7.66. The lowest BCUT2D eigenvalue weighted by atomic mass is 10.3. The topological polar surface area (TPSA) is 124 Å². The molecule has 0 aliphatic carbocycles. The lowest BCUT2D eigenvalue weighted by molar-refractivity contribution is 0.562. The Kier molecular flexibility index (Phi) is 4.47. The van der Waals surface area contributed by atoms with Gasteiger partial charge in [0.15, 0.2) is 21.5 Å². The second-order valence-corrected chi connectivity index (χ2v) is 7.25. The highest BCUT2D eigenvalue weighted by molar-refractivity contribution is 7.90. The van der Waals surface area contributed by atoms with Crippen LogP contribution in [0, 0.1) is 11.8 Å². The predicted molar refractivity (Wildman–Crippen MR) is 90.2 cm³/mol. The number of sulfone groups is 1. The Bertz CT molecular complexity index is 1090. The molecule has 3 rings (SSSR count). The van der Waals surface area contributed by atoms with Crippen molar-refractivity contribution in [2.45, 2.75) is 4.90 Å². The Labute approximate surface area is 147 Å². The van der Waals surface area contributed by atoms with E-state index in [0.717, 1.165) is 18.4 Å². The van der Waals surface area contributed by atoms with Crippen molar-refractivity contribution >= 4 is 27.4 Å². The van der Waals surface area contributed by atoms with Gasteiger partial charge in [-0.2, -0.15) is 19.3 Å². The van der Waals surface area contributed by atoms with E-state index in [4.69, 9.17) is 5.73 Å². The standard InChI is InChI=1S/C15H12F2N6O2S/c1-26(24,25)9-4-2-3-8(7-9)19-15-22-13(21-14(18)23-15)12-10(16)5-6-11(17)20-12/h2-7H,1H3,(H3,18,19,21,22,23). The molecule has 0 aliphatic rings. The van der Waals surface area contributed by atoms with Crippen molar-refractivity contribution in [3.63, 3.8) is 0 Å². The van der Waals surface area contributed by atoms with Crippen LogP contribution in [-0.4, -0.2) is 34.6 Å². The van der Waals surface area contributed by atoms with E-state index in [9.17, 15) is 17.2 Å². The molecule has 1 aromatic carbocycles. The molecule has 3 N–H and O–H groups in total. The maximum absolute atomic E-state index is 13.9. The number of nitrogens with zero attached hydrogens (tertiary/aromatic N) is 4. The van der Waals surface area contributed by atoms with Gasteiger partial charge in [0, 0.05) is 11.9 Å². The van der Waals surface area contributed by atoms with Crippen molar-refractivity contribution in [1.29, 1.82) is 0 Å². The number of nitrogens with two attached hydrogens (primary N) is 1. The van der Waals surface area contributed by atoms with Gasteiger partial charge < -0.3 is 11.1 Å². The molecule has 8 nitrogen and oxygen atoms in total. The number of pyridine rings is 1. The van der Waals surface area contributed by atoms with Gasteiger partial charge >= 0.3 is 0 Å². The highest BCUT2D eigenvalue weighted by Gasteiger charge is 2.15. The maximum Gasteiger partial charge on any atom is 0.232 e. The van der Waals surface area contributed by atoms with Crippen LogP contribution in [0.5, 0.6) is 0 Å². The minimum atomic E-state index is -3.41. The molecule has 11 heteroatoms. The van der Waals surface area contributed by atoms with E-state index in [1.54, 1.807) is 6.07 Å². The Morgan fingerprint density at radius 3 is 2.54 bits per heavy atom. The second kappa shape index (κ2) is 6.59. The first-order valence-electron chi connectivity index (χ1n) is 7.13. The maximum atomic E-state index is 13.9. The Hall–Kier alpha value is -3.21. The number of rotatable bonds is 4. The van der Waals surface area contributed by atoms with Crippen LogP contribution in [0.3, 0.4) is 0 Å². The normalized spacial score (nSPS) is 11.3. The monoisotopic (exact) mass is 378 g/mol. The smallest absolute Gasteiger partial charge is 0.232 e. The molecule has 0 fully saturated rings. The fourth-order valence-corrected chi connectivity index (χ4v) is 2.73. The van der Waals surface area contributed by atoms with E-state index in [0.29, 0.717) is 5.69 Å². The van der Waals surface area contributed by atoms with Crippen molar-refractivity contribution < 1.29 is 17.2 Å². The molecule has 0 bridgehead atoms. The Balaban J connectivity index is 2.00. The first-order chi connectivity index (χ1) is 12.2. The number of halogens is 2. The van der Waals surface area contributed by atoms with Crippen LogP contribution in [0.25, 0.3) is 11.5 Å². The second-order valence-electron chi connectivity index (χ2n) is 5.23.